The molecule has 1 aromatic rings. The lowest BCUT2D eigenvalue weighted by Gasteiger charge is -2.37. The summed E-state index contributed by atoms with van der Waals surface area (Å²) in [7, 11) is 0. The second kappa shape index (κ2) is 8.01. The molecule has 3 unspecified atom stereocenters. The van der Waals surface area contributed by atoms with Crippen LogP contribution in [0.4, 0.5) is 0 Å². The molecule has 1 fully saturated rings. The maximum absolute atomic E-state index is 4.33. The van der Waals surface area contributed by atoms with Gasteiger partial charge in [-0.05, 0) is 43.9 Å². The molecule has 0 aromatic carbocycles. The van der Waals surface area contributed by atoms with Gasteiger partial charge in [0.15, 0.2) is 8.68 Å². The molecule has 2 rings (SSSR count). The van der Waals surface area contributed by atoms with Crippen molar-refractivity contribution >= 4 is 34.9 Å². The van der Waals surface area contributed by atoms with Crippen molar-refractivity contribution in [3.63, 3.8) is 0 Å². The number of nitrogens with one attached hydrogen (secondary N) is 1. The maximum Gasteiger partial charge on any atom is 0.175 e. The second-order valence-corrected chi connectivity index (χ2v) is 9.19. The standard InChI is InChI=1S/C14H25N3S3/c1-5-15-11-7-6-10(9(2)3)8-12(11)19-14-17-16-13(18-4)20-14/h9-12,15H,5-8H2,1-4H3. The lowest BCUT2D eigenvalue weighted by atomic mass is 9.79. The zero-order valence-electron chi connectivity index (χ0n) is 12.8. The van der Waals surface area contributed by atoms with Crippen molar-refractivity contribution < 1.29 is 0 Å². The van der Waals surface area contributed by atoms with Crippen LogP contribution in [-0.2, 0) is 0 Å². The van der Waals surface area contributed by atoms with Gasteiger partial charge in [-0.15, -0.1) is 10.2 Å². The van der Waals surface area contributed by atoms with Crippen molar-refractivity contribution in [1.82, 2.24) is 15.5 Å². The molecule has 0 saturated heterocycles. The second-order valence-electron chi connectivity index (χ2n) is 5.68. The molecule has 3 atom stereocenters. The van der Waals surface area contributed by atoms with Crippen LogP contribution in [0.1, 0.15) is 40.0 Å². The van der Waals surface area contributed by atoms with Gasteiger partial charge >= 0.3 is 0 Å². The summed E-state index contributed by atoms with van der Waals surface area (Å²) in [5.41, 5.74) is 0. The van der Waals surface area contributed by atoms with E-state index in [1.54, 1.807) is 23.1 Å². The Morgan fingerprint density at radius 2 is 2.05 bits per heavy atom. The Morgan fingerprint density at radius 1 is 1.30 bits per heavy atom. The third-order valence-corrected chi connectivity index (χ3v) is 7.40. The Balaban J connectivity index is 2.02. The summed E-state index contributed by atoms with van der Waals surface area (Å²) in [5, 5.41) is 12.8. The quantitative estimate of drug-likeness (QED) is 0.793. The van der Waals surface area contributed by atoms with Gasteiger partial charge in [-0.2, -0.15) is 0 Å². The Hall–Kier alpha value is 0.220. The van der Waals surface area contributed by atoms with Gasteiger partial charge in [-0.1, -0.05) is 55.6 Å². The molecule has 1 N–H and O–H groups in total. The van der Waals surface area contributed by atoms with Gasteiger partial charge < -0.3 is 5.32 Å². The molecule has 1 heterocycles. The summed E-state index contributed by atoms with van der Waals surface area (Å²) in [4.78, 5) is 0. The summed E-state index contributed by atoms with van der Waals surface area (Å²) in [5.74, 6) is 1.65. The van der Waals surface area contributed by atoms with Crippen LogP contribution in [0.5, 0.6) is 0 Å². The Kier molecular flexibility index (Phi) is 6.65. The highest BCUT2D eigenvalue weighted by Crippen LogP contribution is 2.40. The first-order valence-electron chi connectivity index (χ1n) is 7.41. The molecule has 0 spiro atoms. The van der Waals surface area contributed by atoms with Crippen molar-refractivity contribution in [3.8, 4) is 0 Å². The van der Waals surface area contributed by atoms with Crippen LogP contribution in [0.25, 0.3) is 0 Å². The minimum absolute atomic E-state index is 0.627. The van der Waals surface area contributed by atoms with E-state index >= 15 is 0 Å². The van der Waals surface area contributed by atoms with E-state index in [2.05, 4.69) is 42.5 Å². The van der Waals surface area contributed by atoms with E-state index in [-0.39, 0.29) is 0 Å². The van der Waals surface area contributed by atoms with Crippen LogP contribution in [0, 0.1) is 11.8 Å². The third-order valence-electron chi connectivity index (χ3n) is 4.06. The number of aromatic nitrogens is 2. The van der Waals surface area contributed by atoms with Gasteiger partial charge in [0.05, 0.1) is 0 Å². The topological polar surface area (TPSA) is 37.8 Å². The largest absolute Gasteiger partial charge is 0.313 e. The molecule has 3 nitrogen and oxygen atoms in total. The predicted molar refractivity (Wildman–Crippen MR) is 91.0 cm³/mol. The molecular weight excluding hydrogens is 306 g/mol. The van der Waals surface area contributed by atoms with Crippen molar-refractivity contribution in [2.24, 2.45) is 11.8 Å². The van der Waals surface area contributed by atoms with E-state index in [9.17, 15) is 0 Å². The molecule has 0 bridgehead atoms. The number of thioether (sulfide) groups is 2. The monoisotopic (exact) mass is 331 g/mol. The highest BCUT2D eigenvalue weighted by molar-refractivity contribution is 8.03. The molecule has 6 heteroatoms. The van der Waals surface area contributed by atoms with E-state index in [1.165, 1.54) is 19.3 Å². The lowest BCUT2D eigenvalue weighted by Crippen LogP contribution is -2.43. The molecule has 1 aliphatic rings. The molecule has 0 radical (unpaired) electrons. The number of nitrogens with zero attached hydrogens (tertiary/aromatic N) is 2. The van der Waals surface area contributed by atoms with Gasteiger partial charge in [-0.3, -0.25) is 0 Å². The predicted octanol–water partition coefficient (Wildman–Crippen LogP) is 4.15. The van der Waals surface area contributed by atoms with E-state index < -0.39 is 0 Å². The summed E-state index contributed by atoms with van der Waals surface area (Å²) < 4.78 is 2.20. The van der Waals surface area contributed by atoms with Crippen LogP contribution < -0.4 is 5.32 Å². The van der Waals surface area contributed by atoms with Gasteiger partial charge in [0.1, 0.15) is 0 Å². The van der Waals surface area contributed by atoms with Crippen molar-refractivity contribution in [2.45, 2.75) is 60.0 Å². The highest BCUT2D eigenvalue weighted by atomic mass is 32.2. The van der Waals surface area contributed by atoms with Crippen LogP contribution in [0.15, 0.2) is 8.68 Å². The number of rotatable bonds is 6. The Morgan fingerprint density at radius 3 is 2.65 bits per heavy atom. The average Bonchev–Trinajstić information content (AvgIpc) is 2.88. The minimum atomic E-state index is 0.627. The fraction of sp³-hybridized carbons (Fsp3) is 0.857. The average molecular weight is 332 g/mol. The third kappa shape index (κ3) is 4.36. The highest BCUT2D eigenvalue weighted by Gasteiger charge is 2.32. The van der Waals surface area contributed by atoms with Crippen molar-refractivity contribution in [3.05, 3.63) is 0 Å². The van der Waals surface area contributed by atoms with Crippen LogP contribution >= 0.6 is 34.9 Å². The summed E-state index contributed by atoms with van der Waals surface area (Å²) >= 11 is 5.36. The Labute approximate surface area is 135 Å². The maximum atomic E-state index is 4.33. The summed E-state index contributed by atoms with van der Waals surface area (Å²) in [6.45, 7) is 7.97. The lowest BCUT2D eigenvalue weighted by molar-refractivity contribution is 0.247. The van der Waals surface area contributed by atoms with Gasteiger partial charge in [-0.25, -0.2) is 0 Å². The first kappa shape index (κ1) is 16.6. The molecule has 20 heavy (non-hydrogen) atoms. The SMILES string of the molecule is CCNC1CCC(C(C)C)CC1Sc1nnc(SC)s1. The van der Waals surface area contributed by atoms with E-state index in [4.69, 9.17) is 0 Å². The first-order valence-corrected chi connectivity index (χ1v) is 10.3. The van der Waals surface area contributed by atoms with Gasteiger partial charge in [0, 0.05) is 11.3 Å². The van der Waals surface area contributed by atoms with Gasteiger partial charge in [0.2, 0.25) is 0 Å². The smallest absolute Gasteiger partial charge is 0.175 e. The minimum Gasteiger partial charge on any atom is -0.313 e. The summed E-state index contributed by atoms with van der Waals surface area (Å²) in [6, 6.07) is 0.627. The van der Waals surface area contributed by atoms with E-state index in [0.717, 1.165) is 27.1 Å². The van der Waals surface area contributed by atoms with Crippen LogP contribution in [0.3, 0.4) is 0 Å². The van der Waals surface area contributed by atoms with E-state index in [1.807, 2.05) is 11.8 Å². The fourth-order valence-corrected chi connectivity index (χ4v) is 5.90. The molecular formula is C14H25N3S3. The molecule has 1 aromatic heterocycles. The first-order chi connectivity index (χ1) is 9.63. The molecule has 1 aliphatic carbocycles. The molecule has 1 saturated carbocycles. The number of hydrogen-bond acceptors (Lipinski definition) is 6. The molecule has 0 amide bonds. The summed E-state index contributed by atoms with van der Waals surface area (Å²) in [6.07, 6.45) is 6.01. The van der Waals surface area contributed by atoms with E-state index in [0.29, 0.717) is 11.3 Å². The normalized spacial score (nSPS) is 27.1. The number of hydrogen-bond donors (Lipinski definition) is 1. The van der Waals surface area contributed by atoms with Crippen LogP contribution in [0.2, 0.25) is 0 Å². The fourth-order valence-electron chi connectivity index (χ4n) is 2.85. The Bertz CT molecular complexity index is 408. The van der Waals surface area contributed by atoms with Gasteiger partial charge in [0.25, 0.3) is 0 Å². The molecule has 0 aliphatic heterocycles. The van der Waals surface area contributed by atoms with Crippen LogP contribution in [-0.4, -0.2) is 34.3 Å². The zero-order valence-corrected chi connectivity index (χ0v) is 15.2. The van der Waals surface area contributed by atoms with Crippen molar-refractivity contribution in [2.75, 3.05) is 12.8 Å². The van der Waals surface area contributed by atoms with Crippen molar-refractivity contribution in [1.29, 1.82) is 0 Å². The molecule has 114 valence electrons. The zero-order chi connectivity index (χ0) is 14.5.